The molecular weight excluding hydrogens is 243 g/mol. The molecule has 0 aliphatic rings. The highest BCUT2D eigenvalue weighted by atomic mass is 79.9. The summed E-state index contributed by atoms with van der Waals surface area (Å²) in [4.78, 5) is 11.0. The number of rotatable bonds is 1. The van der Waals surface area contributed by atoms with Crippen molar-refractivity contribution in [2.45, 2.75) is 6.92 Å². The van der Waals surface area contributed by atoms with E-state index >= 15 is 0 Å². The second kappa shape index (κ2) is 3.46. The van der Waals surface area contributed by atoms with Gasteiger partial charge in [0.1, 0.15) is 5.75 Å². The summed E-state index contributed by atoms with van der Waals surface area (Å²) in [6.07, 6.45) is 0. The Balaban J connectivity index is 3.43. The van der Waals surface area contributed by atoms with Gasteiger partial charge in [-0.3, -0.25) is 4.79 Å². The Morgan fingerprint density at radius 3 is 2.58 bits per heavy atom. The van der Waals surface area contributed by atoms with E-state index < -0.39 is 0 Å². The van der Waals surface area contributed by atoms with Gasteiger partial charge in [0.2, 0.25) is 0 Å². The van der Waals surface area contributed by atoms with E-state index in [1.165, 1.54) is 13.0 Å². The van der Waals surface area contributed by atoms with E-state index in [0.29, 0.717) is 4.47 Å². The van der Waals surface area contributed by atoms with Crippen molar-refractivity contribution in [2.75, 3.05) is 0 Å². The number of carbonyl (C=O) groups excluding carboxylic acids is 1. The molecule has 0 aliphatic heterocycles. The number of aromatic hydroxyl groups is 1. The number of halogens is 2. The van der Waals surface area contributed by atoms with E-state index in [1.54, 1.807) is 6.07 Å². The van der Waals surface area contributed by atoms with Crippen LogP contribution in [-0.4, -0.2) is 10.9 Å². The molecule has 0 aromatic heterocycles. The summed E-state index contributed by atoms with van der Waals surface area (Å²) in [6, 6.07) is 3.01. The van der Waals surface area contributed by atoms with Crippen LogP contribution in [-0.2, 0) is 0 Å². The lowest BCUT2D eigenvalue weighted by Crippen LogP contribution is -1.94. The molecule has 0 amide bonds. The van der Waals surface area contributed by atoms with Crippen molar-refractivity contribution >= 4 is 33.3 Å². The van der Waals surface area contributed by atoms with Gasteiger partial charge in [-0.1, -0.05) is 11.6 Å². The van der Waals surface area contributed by atoms with Crippen molar-refractivity contribution in [3.8, 4) is 5.75 Å². The Hall–Kier alpha value is -0.540. The Bertz CT molecular complexity index is 336. The molecule has 64 valence electrons. The van der Waals surface area contributed by atoms with Crippen LogP contribution >= 0.6 is 27.5 Å². The van der Waals surface area contributed by atoms with Crippen molar-refractivity contribution in [1.29, 1.82) is 0 Å². The van der Waals surface area contributed by atoms with E-state index in [4.69, 9.17) is 11.6 Å². The number of carbonyl (C=O) groups is 1. The SMILES string of the molecule is CC(=O)c1c(O)ccc(Br)c1Cl. The summed E-state index contributed by atoms with van der Waals surface area (Å²) in [7, 11) is 0. The summed E-state index contributed by atoms with van der Waals surface area (Å²) in [5.41, 5.74) is 0.158. The molecule has 1 rings (SSSR count). The van der Waals surface area contributed by atoms with E-state index in [2.05, 4.69) is 15.9 Å². The molecule has 0 unspecified atom stereocenters. The number of hydrogen-bond donors (Lipinski definition) is 1. The normalized spacial score (nSPS) is 9.92. The summed E-state index contributed by atoms with van der Waals surface area (Å²) >= 11 is 8.92. The lowest BCUT2D eigenvalue weighted by atomic mass is 10.1. The van der Waals surface area contributed by atoms with Crippen molar-refractivity contribution < 1.29 is 9.90 Å². The van der Waals surface area contributed by atoms with Gasteiger partial charge in [-0.05, 0) is 35.0 Å². The van der Waals surface area contributed by atoms with Crippen molar-refractivity contribution in [3.63, 3.8) is 0 Å². The number of Topliss-reactive ketones (excluding diaryl/α,β-unsaturated/α-hetero) is 1. The zero-order chi connectivity index (χ0) is 9.30. The Kier molecular flexibility index (Phi) is 2.75. The minimum Gasteiger partial charge on any atom is -0.507 e. The van der Waals surface area contributed by atoms with Gasteiger partial charge in [-0.2, -0.15) is 0 Å². The second-order valence-corrected chi connectivity index (χ2v) is 3.54. The molecular formula is C8H6BrClO2. The zero-order valence-electron chi connectivity index (χ0n) is 6.27. The molecule has 0 heterocycles. The highest BCUT2D eigenvalue weighted by molar-refractivity contribution is 9.10. The van der Waals surface area contributed by atoms with Crippen LogP contribution in [0.2, 0.25) is 5.02 Å². The second-order valence-electron chi connectivity index (χ2n) is 2.31. The molecule has 0 bridgehead atoms. The molecule has 1 aromatic rings. The summed E-state index contributed by atoms with van der Waals surface area (Å²) in [5.74, 6) is -0.338. The predicted octanol–water partition coefficient (Wildman–Crippen LogP) is 3.01. The van der Waals surface area contributed by atoms with E-state index in [-0.39, 0.29) is 22.1 Å². The highest BCUT2D eigenvalue weighted by Crippen LogP contribution is 2.32. The van der Waals surface area contributed by atoms with Gasteiger partial charge in [0.25, 0.3) is 0 Å². The first-order valence-electron chi connectivity index (χ1n) is 3.22. The minimum atomic E-state index is -0.251. The monoisotopic (exact) mass is 248 g/mol. The third-order valence-electron chi connectivity index (χ3n) is 1.42. The van der Waals surface area contributed by atoms with Crippen molar-refractivity contribution in [2.24, 2.45) is 0 Å². The maximum Gasteiger partial charge on any atom is 0.165 e. The summed E-state index contributed by atoms with van der Waals surface area (Å²) in [5, 5.41) is 9.51. The van der Waals surface area contributed by atoms with Crippen LogP contribution in [0.5, 0.6) is 5.75 Å². The Morgan fingerprint density at radius 2 is 2.17 bits per heavy atom. The van der Waals surface area contributed by atoms with Gasteiger partial charge in [0.15, 0.2) is 5.78 Å². The number of phenolic OH excluding ortho intramolecular Hbond substituents is 1. The van der Waals surface area contributed by atoms with Crippen LogP contribution in [0, 0.1) is 0 Å². The standard InChI is InChI=1S/C8H6BrClO2/c1-4(11)7-6(12)3-2-5(9)8(7)10/h2-3,12H,1H3. The molecule has 0 saturated carbocycles. The van der Waals surface area contributed by atoms with Gasteiger partial charge >= 0.3 is 0 Å². The molecule has 0 aliphatic carbocycles. The highest BCUT2D eigenvalue weighted by Gasteiger charge is 2.13. The van der Waals surface area contributed by atoms with E-state index in [0.717, 1.165) is 0 Å². The quantitative estimate of drug-likeness (QED) is 0.777. The van der Waals surface area contributed by atoms with E-state index in [9.17, 15) is 9.90 Å². The fraction of sp³-hybridized carbons (Fsp3) is 0.125. The molecule has 1 aromatic carbocycles. The van der Waals surface area contributed by atoms with Crippen LogP contribution in [0.3, 0.4) is 0 Å². The molecule has 0 saturated heterocycles. The molecule has 4 heteroatoms. The first kappa shape index (κ1) is 9.55. The maximum atomic E-state index is 11.0. The number of hydrogen-bond acceptors (Lipinski definition) is 2. The first-order valence-corrected chi connectivity index (χ1v) is 4.39. The van der Waals surface area contributed by atoms with E-state index in [1.807, 2.05) is 0 Å². The third kappa shape index (κ3) is 1.62. The number of ketones is 1. The van der Waals surface area contributed by atoms with Gasteiger partial charge in [-0.15, -0.1) is 0 Å². The van der Waals surface area contributed by atoms with Gasteiger partial charge < -0.3 is 5.11 Å². The summed E-state index contributed by atoms with van der Waals surface area (Å²) in [6.45, 7) is 1.35. The van der Waals surface area contributed by atoms with Gasteiger partial charge in [-0.25, -0.2) is 0 Å². The van der Waals surface area contributed by atoms with Crippen LogP contribution in [0.15, 0.2) is 16.6 Å². The average Bonchev–Trinajstić information content (AvgIpc) is 1.97. The molecule has 0 atom stereocenters. The molecule has 12 heavy (non-hydrogen) atoms. The molecule has 0 fully saturated rings. The molecule has 0 spiro atoms. The predicted molar refractivity (Wildman–Crippen MR) is 50.8 cm³/mol. The van der Waals surface area contributed by atoms with Crippen LogP contribution in [0.25, 0.3) is 0 Å². The van der Waals surface area contributed by atoms with Crippen molar-refractivity contribution in [1.82, 2.24) is 0 Å². The van der Waals surface area contributed by atoms with Crippen LogP contribution in [0.4, 0.5) is 0 Å². The zero-order valence-corrected chi connectivity index (χ0v) is 8.61. The topological polar surface area (TPSA) is 37.3 Å². The summed E-state index contributed by atoms with van der Waals surface area (Å²) < 4.78 is 0.604. The Labute approximate surface area is 83.3 Å². The van der Waals surface area contributed by atoms with Gasteiger partial charge in [0.05, 0.1) is 10.6 Å². The third-order valence-corrected chi connectivity index (χ3v) is 2.71. The lowest BCUT2D eigenvalue weighted by Gasteiger charge is -2.04. The smallest absolute Gasteiger partial charge is 0.165 e. The first-order chi connectivity index (χ1) is 5.54. The van der Waals surface area contributed by atoms with Crippen molar-refractivity contribution in [3.05, 3.63) is 27.2 Å². The minimum absolute atomic E-state index is 0.0873. The van der Waals surface area contributed by atoms with Crippen LogP contribution < -0.4 is 0 Å². The van der Waals surface area contributed by atoms with Crippen LogP contribution in [0.1, 0.15) is 17.3 Å². The fourth-order valence-electron chi connectivity index (χ4n) is 0.875. The molecule has 1 N–H and O–H groups in total. The molecule has 2 nitrogen and oxygen atoms in total. The molecule has 0 radical (unpaired) electrons. The lowest BCUT2D eigenvalue weighted by molar-refractivity contribution is 0.101. The number of phenols is 1. The maximum absolute atomic E-state index is 11.0. The largest absolute Gasteiger partial charge is 0.507 e. The Morgan fingerprint density at radius 1 is 1.58 bits per heavy atom. The fourth-order valence-corrected chi connectivity index (χ4v) is 1.50. The average molecular weight is 249 g/mol. The van der Waals surface area contributed by atoms with Gasteiger partial charge in [0, 0.05) is 4.47 Å². The number of benzene rings is 1.